The normalized spacial score (nSPS) is 12.4. The van der Waals surface area contributed by atoms with Crippen LogP contribution in [0.2, 0.25) is 0 Å². The number of hydrogen-bond acceptors (Lipinski definition) is 3. The molecule has 0 amide bonds. The van der Waals surface area contributed by atoms with E-state index >= 15 is 0 Å². The van der Waals surface area contributed by atoms with Gasteiger partial charge >= 0.3 is 0 Å². The van der Waals surface area contributed by atoms with E-state index in [2.05, 4.69) is 12.6 Å². The molecule has 2 nitrogen and oxygen atoms in total. The minimum atomic E-state index is -0.415. The van der Waals surface area contributed by atoms with Crippen LogP contribution in [0.25, 0.3) is 0 Å². The van der Waals surface area contributed by atoms with E-state index in [1.807, 2.05) is 30.3 Å². The highest BCUT2D eigenvalue weighted by Crippen LogP contribution is 2.04. The quantitative estimate of drug-likeness (QED) is 0.721. The number of benzene rings is 1. The first-order chi connectivity index (χ1) is 6.74. The SMILES string of the molecule is N[C@@H](CS)C(=O)CCc1ccccc1. The number of ketones is 1. The van der Waals surface area contributed by atoms with E-state index < -0.39 is 6.04 Å². The first kappa shape index (κ1) is 11.3. The molecule has 0 unspecified atom stereocenters. The molecule has 14 heavy (non-hydrogen) atoms. The average Bonchev–Trinajstić information content (AvgIpc) is 2.26. The van der Waals surface area contributed by atoms with Gasteiger partial charge in [-0.05, 0) is 12.0 Å². The molecule has 1 atom stereocenters. The maximum absolute atomic E-state index is 11.4. The molecular weight excluding hydrogens is 194 g/mol. The molecule has 0 aliphatic carbocycles. The fourth-order valence-corrected chi connectivity index (χ4v) is 1.40. The van der Waals surface area contributed by atoms with Gasteiger partial charge in [-0.25, -0.2) is 0 Å². The number of carbonyl (C=O) groups is 1. The fourth-order valence-electron chi connectivity index (χ4n) is 1.20. The van der Waals surface area contributed by atoms with Crippen LogP contribution in [0.15, 0.2) is 30.3 Å². The van der Waals surface area contributed by atoms with Crippen LogP contribution < -0.4 is 5.73 Å². The van der Waals surface area contributed by atoms with Crippen molar-refractivity contribution >= 4 is 18.4 Å². The van der Waals surface area contributed by atoms with Crippen LogP contribution in [0.3, 0.4) is 0 Å². The predicted molar refractivity (Wildman–Crippen MR) is 61.6 cm³/mol. The zero-order valence-corrected chi connectivity index (χ0v) is 8.91. The average molecular weight is 209 g/mol. The summed E-state index contributed by atoms with van der Waals surface area (Å²) < 4.78 is 0. The molecule has 1 aromatic rings. The number of Topliss-reactive ketones (excluding diaryl/α,β-unsaturated/α-hetero) is 1. The van der Waals surface area contributed by atoms with Gasteiger partial charge < -0.3 is 5.73 Å². The van der Waals surface area contributed by atoms with Crippen molar-refractivity contribution < 1.29 is 4.79 Å². The summed E-state index contributed by atoms with van der Waals surface area (Å²) in [7, 11) is 0. The molecule has 0 radical (unpaired) electrons. The van der Waals surface area contributed by atoms with Gasteiger partial charge in [0.2, 0.25) is 0 Å². The molecule has 2 N–H and O–H groups in total. The van der Waals surface area contributed by atoms with Crippen molar-refractivity contribution in [3.8, 4) is 0 Å². The molecule has 1 rings (SSSR count). The fraction of sp³-hybridized carbons (Fsp3) is 0.364. The van der Waals surface area contributed by atoms with Gasteiger partial charge in [0.1, 0.15) is 0 Å². The van der Waals surface area contributed by atoms with E-state index in [1.165, 1.54) is 5.56 Å². The van der Waals surface area contributed by atoms with Gasteiger partial charge in [-0.15, -0.1) is 0 Å². The van der Waals surface area contributed by atoms with Crippen molar-refractivity contribution in [1.29, 1.82) is 0 Å². The Balaban J connectivity index is 2.38. The van der Waals surface area contributed by atoms with E-state index in [-0.39, 0.29) is 5.78 Å². The molecule has 0 saturated carbocycles. The number of aryl methyl sites for hydroxylation is 1. The van der Waals surface area contributed by atoms with E-state index in [0.717, 1.165) is 6.42 Å². The smallest absolute Gasteiger partial charge is 0.150 e. The predicted octanol–water partition coefficient (Wildman–Crippen LogP) is 1.45. The van der Waals surface area contributed by atoms with Gasteiger partial charge in [-0.2, -0.15) is 12.6 Å². The van der Waals surface area contributed by atoms with Gasteiger partial charge in [-0.3, -0.25) is 4.79 Å². The molecule has 1 aromatic carbocycles. The van der Waals surface area contributed by atoms with Crippen molar-refractivity contribution in [3.63, 3.8) is 0 Å². The number of rotatable bonds is 5. The Morgan fingerprint density at radius 2 is 2.00 bits per heavy atom. The molecule has 0 aliphatic rings. The molecule has 76 valence electrons. The Kier molecular flexibility index (Phi) is 4.70. The van der Waals surface area contributed by atoms with Gasteiger partial charge in [0.05, 0.1) is 6.04 Å². The third-order valence-corrected chi connectivity index (χ3v) is 2.51. The highest BCUT2D eigenvalue weighted by Gasteiger charge is 2.10. The monoisotopic (exact) mass is 209 g/mol. The van der Waals surface area contributed by atoms with Gasteiger partial charge in [0.15, 0.2) is 5.78 Å². The third-order valence-electron chi connectivity index (χ3n) is 2.11. The topological polar surface area (TPSA) is 43.1 Å². The molecule has 0 saturated heterocycles. The summed E-state index contributed by atoms with van der Waals surface area (Å²) in [5.74, 6) is 0.511. The van der Waals surface area contributed by atoms with Crippen molar-refractivity contribution in [2.45, 2.75) is 18.9 Å². The highest BCUT2D eigenvalue weighted by atomic mass is 32.1. The van der Waals surface area contributed by atoms with Crippen LogP contribution in [0.5, 0.6) is 0 Å². The maximum Gasteiger partial charge on any atom is 0.150 e. The molecule has 0 bridgehead atoms. The Morgan fingerprint density at radius 3 is 2.57 bits per heavy atom. The summed E-state index contributed by atoms with van der Waals surface area (Å²) >= 11 is 3.99. The lowest BCUT2D eigenvalue weighted by molar-refractivity contribution is -0.119. The van der Waals surface area contributed by atoms with Gasteiger partial charge in [0.25, 0.3) is 0 Å². The molecule has 0 spiro atoms. The number of hydrogen-bond donors (Lipinski definition) is 2. The zero-order chi connectivity index (χ0) is 10.4. The third kappa shape index (κ3) is 3.52. The van der Waals surface area contributed by atoms with Crippen molar-refractivity contribution in [3.05, 3.63) is 35.9 Å². The van der Waals surface area contributed by atoms with Crippen LogP contribution in [-0.2, 0) is 11.2 Å². The standard InChI is InChI=1S/C11H15NOS/c12-10(8-14)11(13)7-6-9-4-2-1-3-5-9/h1-5,10,14H,6-8,12H2/t10-/m0/s1. The van der Waals surface area contributed by atoms with E-state index in [1.54, 1.807) is 0 Å². The lowest BCUT2D eigenvalue weighted by Gasteiger charge is -2.06. The Morgan fingerprint density at radius 1 is 1.36 bits per heavy atom. The molecule has 0 aliphatic heterocycles. The minimum Gasteiger partial charge on any atom is -0.321 e. The van der Waals surface area contributed by atoms with Gasteiger partial charge in [0, 0.05) is 12.2 Å². The highest BCUT2D eigenvalue weighted by molar-refractivity contribution is 7.80. The Labute approximate surface area is 89.9 Å². The maximum atomic E-state index is 11.4. The van der Waals surface area contributed by atoms with E-state index in [0.29, 0.717) is 12.2 Å². The summed E-state index contributed by atoms with van der Waals surface area (Å²) in [4.78, 5) is 11.4. The summed E-state index contributed by atoms with van der Waals surface area (Å²) in [6.07, 6.45) is 1.27. The number of carbonyl (C=O) groups excluding carboxylic acids is 1. The van der Waals surface area contributed by atoms with Crippen LogP contribution >= 0.6 is 12.6 Å². The lowest BCUT2D eigenvalue weighted by atomic mass is 10.0. The molecule has 0 aromatic heterocycles. The summed E-state index contributed by atoms with van der Waals surface area (Å²) in [6.45, 7) is 0. The van der Waals surface area contributed by atoms with Crippen LogP contribution in [0, 0.1) is 0 Å². The summed E-state index contributed by atoms with van der Waals surface area (Å²) in [6, 6.07) is 9.52. The lowest BCUT2D eigenvalue weighted by Crippen LogP contribution is -2.32. The molecule has 3 heteroatoms. The largest absolute Gasteiger partial charge is 0.321 e. The molecule has 0 heterocycles. The Bertz CT molecular complexity index is 287. The zero-order valence-electron chi connectivity index (χ0n) is 8.02. The van der Waals surface area contributed by atoms with Crippen LogP contribution in [0.1, 0.15) is 12.0 Å². The number of thiol groups is 1. The second-order valence-corrected chi connectivity index (χ2v) is 3.61. The summed E-state index contributed by atoms with van der Waals surface area (Å²) in [5, 5.41) is 0. The second kappa shape index (κ2) is 5.83. The van der Waals surface area contributed by atoms with Crippen molar-refractivity contribution in [2.24, 2.45) is 5.73 Å². The Hall–Kier alpha value is -0.800. The van der Waals surface area contributed by atoms with Crippen LogP contribution in [-0.4, -0.2) is 17.6 Å². The minimum absolute atomic E-state index is 0.0869. The van der Waals surface area contributed by atoms with Gasteiger partial charge in [-0.1, -0.05) is 30.3 Å². The molecular formula is C11H15NOS. The first-order valence-electron chi connectivity index (χ1n) is 4.67. The first-order valence-corrected chi connectivity index (χ1v) is 5.30. The number of nitrogens with two attached hydrogens (primary N) is 1. The van der Waals surface area contributed by atoms with E-state index in [9.17, 15) is 4.79 Å². The molecule has 0 fully saturated rings. The van der Waals surface area contributed by atoms with Crippen LogP contribution in [0.4, 0.5) is 0 Å². The second-order valence-electron chi connectivity index (χ2n) is 3.24. The van der Waals surface area contributed by atoms with E-state index in [4.69, 9.17) is 5.73 Å². The summed E-state index contributed by atoms with van der Waals surface area (Å²) in [5.41, 5.74) is 6.73. The van der Waals surface area contributed by atoms with Crippen molar-refractivity contribution in [1.82, 2.24) is 0 Å². The van der Waals surface area contributed by atoms with Crippen molar-refractivity contribution in [2.75, 3.05) is 5.75 Å².